The number of carbonyl (C=O) groups excluding carboxylic acids is 2. The number of anilines is 1. The molecule has 4 aromatic carbocycles. The van der Waals surface area contributed by atoms with E-state index in [4.69, 9.17) is 14.2 Å². The first kappa shape index (κ1) is 44.4. The highest BCUT2D eigenvalue weighted by molar-refractivity contribution is 6.72. The number of nitrogens with one attached hydrogen (secondary N) is 1. The van der Waals surface area contributed by atoms with Gasteiger partial charge in [0.1, 0.15) is 35.8 Å². The molecular formula is C47H60F2N2O6Si. The van der Waals surface area contributed by atoms with Gasteiger partial charge in [-0.3, -0.25) is 4.79 Å². The molecule has 312 valence electrons. The maximum atomic E-state index is 15.4. The molecule has 11 heteroatoms. The Kier molecular flexibility index (Phi) is 15.5. The zero-order chi connectivity index (χ0) is 41.9. The molecule has 1 aliphatic heterocycles. The highest BCUT2D eigenvalue weighted by Gasteiger charge is 2.45. The third-order valence-electron chi connectivity index (χ3n) is 11.6. The molecule has 1 fully saturated rings. The third kappa shape index (κ3) is 11.5. The second kappa shape index (κ2) is 20.3. The quantitative estimate of drug-likeness (QED) is 0.0638. The van der Waals surface area contributed by atoms with Crippen molar-refractivity contribution in [3.63, 3.8) is 0 Å². The summed E-state index contributed by atoms with van der Waals surface area (Å²) in [5, 5.41) is 3.13. The average molecular weight is 815 g/mol. The Morgan fingerprint density at radius 2 is 1.52 bits per heavy atom. The number of carbonyl (C=O) groups is 2. The van der Waals surface area contributed by atoms with Gasteiger partial charge in [-0.25, -0.2) is 18.5 Å². The standard InChI is InChI=1S/C47H60F2N2O6Si/c1-7-9-28-55-39-25-27-40(43(30-39)56-29-10-8-2)44(50-38-23-21-37(49)22-24-38)41(45(52)51-42(32-57-46(51)53)34-14-12-11-13-15-34)26-18-35(31-47(3,4)58(5,6)54)33-16-19-36(48)20-17-33/h11-17,19-25,27,30,35,41-42,44,50,54H,7-10,18,26,28-29,31-32H2,1-6H3/t35-,41-,42-,44-/m1/s1. The molecule has 2 N–H and O–H groups in total. The summed E-state index contributed by atoms with van der Waals surface area (Å²) < 4.78 is 46.8. The number of hydrogen-bond donors (Lipinski definition) is 2. The minimum absolute atomic E-state index is 0.00907. The van der Waals surface area contributed by atoms with Crippen LogP contribution in [0.15, 0.2) is 97.1 Å². The molecule has 1 aliphatic rings. The second-order valence-electron chi connectivity index (χ2n) is 16.5. The van der Waals surface area contributed by atoms with Crippen molar-refractivity contribution in [3.8, 4) is 11.5 Å². The van der Waals surface area contributed by atoms with Gasteiger partial charge in [-0.05, 0) is 116 Å². The molecule has 4 atom stereocenters. The lowest BCUT2D eigenvalue weighted by molar-refractivity contribution is -0.134. The first-order chi connectivity index (χ1) is 27.7. The molecule has 4 aromatic rings. The molecule has 0 bridgehead atoms. The minimum Gasteiger partial charge on any atom is -0.493 e. The molecule has 2 amide bonds. The van der Waals surface area contributed by atoms with Crippen molar-refractivity contribution in [3.05, 3.63) is 125 Å². The number of benzene rings is 4. The predicted molar refractivity (Wildman–Crippen MR) is 228 cm³/mol. The van der Waals surface area contributed by atoms with E-state index >= 15 is 4.79 Å². The monoisotopic (exact) mass is 814 g/mol. The van der Waals surface area contributed by atoms with Crippen LogP contribution >= 0.6 is 0 Å². The number of nitrogens with zero attached hydrogens (tertiary/aromatic N) is 1. The lowest BCUT2D eigenvalue weighted by atomic mass is 9.80. The largest absolute Gasteiger partial charge is 0.493 e. The van der Waals surface area contributed by atoms with Crippen molar-refractivity contribution >= 4 is 26.0 Å². The second-order valence-corrected chi connectivity index (χ2v) is 21.0. The lowest BCUT2D eigenvalue weighted by Crippen LogP contribution is -2.42. The summed E-state index contributed by atoms with van der Waals surface area (Å²) in [7, 11) is -2.70. The Morgan fingerprint density at radius 3 is 2.14 bits per heavy atom. The first-order valence-corrected chi connectivity index (χ1v) is 23.6. The highest BCUT2D eigenvalue weighted by atomic mass is 28.4. The highest BCUT2D eigenvalue weighted by Crippen LogP contribution is 2.47. The SMILES string of the molecule is CCCCOc1ccc([C@@H](Nc2ccc(F)cc2)[C@@H](CC[C@H](CC(C)(C)[Si](C)(C)O)c2ccc(F)cc2)C(=O)N2C(=O)OC[C@@H]2c2ccccc2)c(OCCCC)c1. The molecule has 0 spiro atoms. The fraction of sp³-hybridized carbons (Fsp3) is 0.447. The maximum absolute atomic E-state index is 15.4. The zero-order valence-corrected chi connectivity index (χ0v) is 35.8. The van der Waals surface area contributed by atoms with Gasteiger partial charge in [0.05, 0.1) is 25.2 Å². The molecule has 0 radical (unpaired) electrons. The van der Waals surface area contributed by atoms with Crippen molar-refractivity contribution in [1.29, 1.82) is 0 Å². The van der Waals surface area contributed by atoms with Crippen molar-refractivity contribution in [2.24, 2.45) is 5.92 Å². The first-order valence-electron chi connectivity index (χ1n) is 20.7. The number of ether oxygens (including phenoxy) is 3. The Bertz CT molecular complexity index is 1920. The van der Waals surface area contributed by atoms with E-state index < -0.39 is 49.2 Å². The summed E-state index contributed by atoms with van der Waals surface area (Å²) in [6.45, 7) is 13.1. The van der Waals surface area contributed by atoms with Crippen LogP contribution in [-0.4, -0.2) is 49.8 Å². The summed E-state index contributed by atoms with van der Waals surface area (Å²) in [6.07, 6.45) is 4.16. The fourth-order valence-corrected chi connectivity index (χ4v) is 8.08. The molecule has 8 nitrogen and oxygen atoms in total. The van der Waals surface area contributed by atoms with E-state index in [0.717, 1.165) is 36.8 Å². The van der Waals surface area contributed by atoms with Gasteiger partial charge in [-0.15, -0.1) is 0 Å². The van der Waals surface area contributed by atoms with Gasteiger partial charge in [-0.1, -0.05) is 83.0 Å². The smallest absolute Gasteiger partial charge is 0.417 e. The number of unbranched alkanes of at least 4 members (excludes halogenated alkanes) is 2. The predicted octanol–water partition coefficient (Wildman–Crippen LogP) is 11.7. The van der Waals surface area contributed by atoms with Crippen LogP contribution in [0.4, 0.5) is 19.3 Å². The number of imide groups is 1. The summed E-state index contributed by atoms with van der Waals surface area (Å²) in [5.74, 6) is -1.10. The van der Waals surface area contributed by atoms with Crippen molar-refractivity contribution in [2.45, 2.75) is 109 Å². The molecule has 1 heterocycles. The Hall–Kier alpha value is -4.74. The average Bonchev–Trinajstić information content (AvgIpc) is 3.59. The van der Waals surface area contributed by atoms with Gasteiger partial charge in [0.2, 0.25) is 5.91 Å². The van der Waals surface area contributed by atoms with Crippen LogP contribution in [0.25, 0.3) is 0 Å². The summed E-state index contributed by atoms with van der Waals surface area (Å²) in [6, 6.07) is 25.9. The molecule has 0 aliphatic carbocycles. The molecule has 0 aromatic heterocycles. The van der Waals surface area contributed by atoms with E-state index in [0.29, 0.717) is 48.8 Å². The van der Waals surface area contributed by atoms with Crippen LogP contribution in [0.5, 0.6) is 11.5 Å². The van der Waals surface area contributed by atoms with E-state index in [1.807, 2.05) is 61.6 Å². The van der Waals surface area contributed by atoms with Crippen molar-refractivity contribution in [1.82, 2.24) is 4.90 Å². The van der Waals surface area contributed by atoms with Gasteiger partial charge in [-0.2, -0.15) is 0 Å². The van der Waals surface area contributed by atoms with Crippen LogP contribution in [0.2, 0.25) is 18.1 Å². The van der Waals surface area contributed by atoms with Gasteiger partial charge >= 0.3 is 6.09 Å². The molecular weight excluding hydrogens is 755 g/mol. The summed E-state index contributed by atoms with van der Waals surface area (Å²) >= 11 is 0. The van der Waals surface area contributed by atoms with E-state index in [2.05, 4.69) is 33.0 Å². The van der Waals surface area contributed by atoms with Crippen molar-refractivity contribution in [2.75, 3.05) is 25.1 Å². The van der Waals surface area contributed by atoms with Crippen LogP contribution in [0.1, 0.15) is 107 Å². The fourth-order valence-electron chi connectivity index (χ4n) is 7.33. The van der Waals surface area contributed by atoms with E-state index in [9.17, 15) is 18.4 Å². The molecule has 0 unspecified atom stereocenters. The van der Waals surface area contributed by atoms with E-state index in [1.54, 1.807) is 24.3 Å². The van der Waals surface area contributed by atoms with Crippen LogP contribution < -0.4 is 14.8 Å². The van der Waals surface area contributed by atoms with Gasteiger partial charge in [0, 0.05) is 17.3 Å². The summed E-state index contributed by atoms with van der Waals surface area (Å²) in [5.41, 5.74) is 2.90. The molecule has 5 rings (SSSR count). The molecule has 58 heavy (non-hydrogen) atoms. The number of halogens is 2. The van der Waals surface area contributed by atoms with E-state index in [1.165, 1.54) is 29.2 Å². The number of cyclic esters (lactones) is 1. The zero-order valence-electron chi connectivity index (χ0n) is 34.8. The number of hydrogen-bond acceptors (Lipinski definition) is 7. The number of rotatable bonds is 21. The van der Waals surface area contributed by atoms with Crippen LogP contribution in [0.3, 0.4) is 0 Å². The van der Waals surface area contributed by atoms with E-state index in [-0.39, 0.29) is 24.8 Å². The third-order valence-corrected chi connectivity index (χ3v) is 15.1. The topological polar surface area (TPSA) is 97.3 Å². The Morgan fingerprint density at radius 1 is 0.897 bits per heavy atom. The van der Waals surface area contributed by atoms with Gasteiger partial charge < -0.3 is 24.3 Å². The van der Waals surface area contributed by atoms with Gasteiger partial charge in [0.25, 0.3) is 0 Å². The van der Waals surface area contributed by atoms with Gasteiger partial charge in [0.15, 0.2) is 8.32 Å². The van der Waals surface area contributed by atoms with Crippen molar-refractivity contribution < 1.29 is 37.4 Å². The Balaban J connectivity index is 1.66. The lowest BCUT2D eigenvalue weighted by Gasteiger charge is -2.39. The summed E-state index contributed by atoms with van der Waals surface area (Å²) in [4.78, 5) is 41.7. The van der Waals surface area contributed by atoms with Crippen LogP contribution in [-0.2, 0) is 9.53 Å². The maximum Gasteiger partial charge on any atom is 0.417 e. The number of amides is 2. The van der Waals surface area contributed by atoms with Crippen LogP contribution in [0, 0.1) is 17.6 Å². The molecule has 1 saturated heterocycles. The minimum atomic E-state index is -2.70. The normalized spacial score (nSPS) is 16.1. The Labute approximate surface area is 344 Å². The molecule has 0 saturated carbocycles.